The van der Waals surface area contributed by atoms with Gasteiger partial charge in [0.1, 0.15) is 42.4 Å². The third kappa shape index (κ3) is 5.04. The summed E-state index contributed by atoms with van der Waals surface area (Å²) < 4.78 is 16.9. The minimum absolute atomic E-state index is 0.0957. The van der Waals surface area contributed by atoms with E-state index in [9.17, 15) is 15.3 Å². The normalized spacial score (nSPS) is 29.3. The van der Waals surface area contributed by atoms with Crippen molar-refractivity contribution in [1.29, 1.82) is 0 Å². The Hall–Kier alpha value is -1.71. The van der Waals surface area contributed by atoms with Crippen LogP contribution >= 0.6 is 11.6 Å². The Kier molecular flexibility index (Phi) is 7.13. The number of hydrogen-bond acceptors (Lipinski definition) is 7. The van der Waals surface area contributed by atoms with Crippen LogP contribution in [0.15, 0.2) is 42.5 Å². The van der Waals surface area contributed by atoms with Gasteiger partial charge in [-0.1, -0.05) is 35.9 Å². The van der Waals surface area contributed by atoms with Crippen molar-refractivity contribution in [2.24, 2.45) is 0 Å². The fourth-order valence-corrected chi connectivity index (χ4v) is 4.20. The summed E-state index contributed by atoms with van der Waals surface area (Å²) in [5.74, 6) is 0.795. The van der Waals surface area contributed by atoms with Crippen LogP contribution in [0.3, 0.4) is 0 Å². The number of aliphatic hydroxyl groups excluding tert-OH is 4. The predicted octanol–water partition coefficient (Wildman–Crippen LogP) is 1.61. The first-order valence-corrected chi connectivity index (χ1v) is 10.8. The first kappa shape index (κ1) is 22.5. The zero-order chi connectivity index (χ0) is 22.0. The Labute approximate surface area is 185 Å². The van der Waals surface area contributed by atoms with Crippen molar-refractivity contribution in [3.8, 4) is 5.75 Å². The van der Waals surface area contributed by atoms with Crippen molar-refractivity contribution in [1.82, 2.24) is 0 Å². The Morgan fingerprint density at radius 1 is 1.10 bits per heavy atom. The highest BCUT2D eigenvalue weighted by Gasteiger charge is 2.46. The van der Waals surface area contributed by atoms with Gasteiger partial charge in [-0.25, -0.2) is 0 Å². The molecule has 2 fully saturated rings. The van der Waals surface area contributed by atoms with E-state index in [0.29, 0.717) is 23.6 Å². The second-order valence-corrected chi connectivity index (χ2v) is 8.43. The van der Waals surface area contributed by atoms with Crippen LogP contribution < -0.4 is 4.74 Å². The average molecular weight is 451 g/mol. The van der Waals surface area contributed by atoms with Gasteiger partial charge in [0.15, 0.2) is 0 Å². The van der Waals surface area contributed by atoms with Gasteiger partial charge in [0.05, 0.1) is 19.8 Å². The molecule has 0 aromatic heterocycles. The van der Waals surface area contributed by atoms with E-state index in [1.807, 2.05) is 30.3 Å². The van der Waals surface area contributed by atoms with Gasteiger partial charge in [-0.15, -0.1) is 0 Å². The number of benzene rings is 2. The molecular weight excluding hydrogens is 424 g/mol. The lowest BCUT2D eigenvalue weighted by Gasteiger charge is -2.19. The van der Waals surface area contributed by atoms with E-state index in [2.05, 4.69) is 0 Å². The maximum atomic E-state index is 10.4. The Morgan fingerprint density at radius 2 is 1.87 bits per heavy atom. The molecule has 0 amide bonds. The van der Waals surface area contributed by atoms with Crippen LogP contribution in [0.2, 0.25) is 5.02 Å². The fourth-order valence-electron chi connectivity index (χ4n) is 4.01. The summed E-state index contributed by atoms with van der Waals surface area (Å²) in [7, 11) is 0. The molecule has 7 nitrogen and oxygen atoms in total. The van der Waals surface area contributed by atoms with Crippen molar-refractivity contribution in [2.75, 3.05) is 19.8 Å². The molecule has 0 bridgehead atoms. The summed E-state index contributed by atoms with van der Waals surface area (Å²) >= 11 is 6.40. The number of ether oxygens (including phenoxy) is 3. The van der Waals surface area contributed by atoms with Crippen molar-refractivity contribution < 1.29 is 34.6 Å². The SMILES string of the molecule is OCC(O)C1OC(c2ccc(Cl)c(Cc3ccc(O[C@H]4CCOC4)cc3)c2)C(O)C1O. The van der Waals surface area contributed by atoms with Crippen LogP contribution in [-0.4, -0.2) is 70.8 Å². The van der Waals surface area contributed by atoms with Crippen molar-refractivity contribution in [3.05, 3.63) is 64.2 Å². The number of hydrogen-bond donors (Lipinski definition) is 4. The second kappa shape index (κ2) is 9.83. The lowest BCUT2D eigenvalue weighted by Crippen LogP contribution is -2.40. The van der Waals surface area contributed by atoms with Crippen molar-refractivity contribution >= 4 is 11.6 Å². The Bertz CT molecular complexity index is 869. The van der Waals surface area contributed by atoms with E-state index >= 15 is 0 Å². The smallest absolute Gasteiger partial charge is 0.124 e. The van der Waals surface area contributed by atoms with E-state index in [1.54, 1.807) is 12.1 Å². The molecule has 2 aromatic carbocycles. The molecule has 168 valence electrons. The van der Waals surface area contributed by atoms with Crippen LogP contribution in [-0.2, 0) is 15.9 Å². The molecule has 2 aromatic rings. The second-order valence-electron chi connectivity index (χ2n) is 8.03. The quantitative estimate of drug-likeness (QED) is 0.507. The lowest BCUT2D eigenvalue weighted by molar-refractivity contribution is -0.0820. The molecule has 0 radical (unpaired) electrons. The molecule has 2 aliphatic heterocycles. The number of aliphatic hydroxyl groups is 4. The first-order valence-electron chi connectivity index (χ1n) is 10.4. The minimum atomic E-state index is -1.30. The van der Waals surface area contributed by atoms with E-state index in [1.165, 1.54) is 0 Å². The number of rotatable bonds is 7. The van der Waals surface area contributed by atoms with Gasteiger partial charge in [-0.2, -0.15) is 0 Å². The molecule has 5 unspecified atom stereocenters. The summed E-state index contributed by atoms with van der Waals surface area (Å²) in [5, 5.41) is 40.1. The van der Waals surface area contributed by atoms with Crippen LogP contribution in [0.5, 0.6) is 5.75 Å². The van der Waals surface area contributed by atoms with Crippen LogP contribution in [0.1, 0.15) is 29.2 Å². The van der Waals surface area contributed by atoms with E-state index in [-0.39, 0.29) is 6.10 Å². The maximum Gasteiger partial charge on any atom is 0.124 e. The molecule has 8 heteroatoms. The highest BCUT2D eigenvalue weighted by Crippen LogP contribution is 2.36. The Morgan fingerprint density at radius 3 is 2.55 bits per heavy atom. The van der Waals surface area contributed by atoms with Gasteiger partial charge in [-0.05, 0) is 41.3 Å². The minimum Gasteiger partial charge on any atom is -0.488 e. The molecule has 0 aliphatic carbocycles. The summed E-state index contributed by atoms with van der Waals surface area (Å²) in [6, 6.07) is 13.1. The topological polar surface area (TPSA) is 109 Å². The lowest BCUT2D eigenvalue weighted by atomic mass is 9.96. The van der Waals surface area contributed by atoms with E-state index in [0.717, 1.165) is 29.9 Å². The molecule has 0 saturated carbocycles. The van der Waals surface area contributed by atoms with Gasteiger partial charge in [0.25, 0.3) is 0 Å². The zero-order valence-corrected chi connectivity index (χ0v) is 17.7. The van der Waals surface area contributed by atoms with Gasteiger partial charge >= 0.3 is 0 Å². The van der Waals surface area contributed by atoms with Crippen molar-refractivity contribution in [3.63, 3.8) is 0 Å². The zero-order valence-electron chi connectivity index (χ0n) is 16.9. The van der Waals surface area contributed by atoms with E-state index < -0.39 is 37.1 Å². The van der Waals surface area contributed by atoms with Gasteiger partial charge in [-0.3, -0.25) is 0 Å². The Balaban J connectivity index is 1.47. The van der Waals surface area contributed by atoms with E-state index in [4.69, 9.17) is 30.9 Å². The summed E-state index contributed by atoms with van der Waals surface area (Å²) in [6.45, 7) is 0.776. The molecule has 2 heterocycles. The molecule has 2 saturated heterocycles. The molecule has 6 atom stereocenters. The largest absolute Gasteiger partial charge is 0.488 e. The highest BCUT2D eigenvalue weighted by atomic mass is 35.5. The molecule has 31 heavy (non-hydrogen) atoms. The predicted molar refractivity (Wildman–Crippen MR) is 113 cm³/mol. The van der Waals surface area contributed by atoms with Crippen molar-refractivity contribution in [2.45, 2.75) is 49.5 Å². The third-order valence-corrected chi connectivity index (χ3v) is 6.14. The van der Waals surface area contributed by atoms with Gasteiger partial charge < -0.3 is 34.6 Å². The maximum absolute atomic E-state index is 10.4. The first-order chi connectivity index (χ1) is 15.0. The summed E-state index contributed by atoms with van der Waals surface area (Å²) in [5.41, 5.74) is 2.52. The molecule has 2 aliphatic rings. The monoisotopic (exact) mass is 450 g/mol. The fraction of sp³-hybridized carbons (Fsp3) is 0.478. The van der Waals surface area contributed by atoms with Crippen LogP contribution in [0, 0.1) is 0 Å². The molecule has 4 rings (SSSR count). The molecular formula is C23H27ClO7. The van der Waals surface area contributed by atoms with Gasteiger partial charge in [0.2, 0.25) is 0 Å². The average Bonchev–Trinajstić information content (AvgIpc) is 3.39. The number of halogens is 1. The molecule has 0 spiro atoms. The standard InChI is InChI=1S/C23H27ClO7/c24-18-6-3-14(22-20(27)21(28)23(31-22)19(26)11-25)10-15(18)9-13-1-4-16(5-2-13)30-17-7-8-29-12-17/h1-6,10,17,19-23,25-28H,7-9,11-12H2/t17-,19?,20?,21?,22?,23?/m0/s1. The highest BCUT2D eigenvalue weighted by molar-refractivity contribution is 6.31. The van der Waals surface area contributed by atoms with Gasteiger partial charge in [0, 0.05) is 11.4 Å². The van der Waals surface area contributed by atoms with Crippen LogP contribution in [0.25, 0.3) is 0 Å². The van der Waals surface area contributed by atoms with Crippen LogP contribution in [0.4, 0.5) is 0 Å². The summed E-state index contributed by atoms with van der Waals surface area (Å²) in [6.07, 6.45) is -4.15. The summed E-state index contributed by atoms with van der Waals surface area (Å²) in [4.78, 5) is 0. The molecule has 4 N–H and O–H groups in total. The third-order valence-electron chi connectivity index (χ3n) is 5.77.